The van der Waals surface area contributed by atoms with E-state index in [9.17, 15) is 14.7 Å². The standard InChI is InChI=1S/C17H13NO3S/c1-9-7-10(2)18-13(8-9)22-17-15(20)12-6-4-3-5-11(12)14(19)16(17)21/h3-8,20H,1-2H3. The molecular formula is C17H13NO3S. The van der Waals surface area contributed by atoms with E-state index in [2.05, 4.69) is 4.98 Å². The SMILES string of the molecule is Cc1cc(C)nc(SC2=C(O)c3ccccc3C(=O)C2=O)c1. The molecule has 0 saturated heterocycles. The number of thioether (sulfide) groups is 1. The first-order chi connectivity index (χ1) is 10.5. The van der Waals surface area contributed by atoms with Crippen LogP contribution in [0.1, 0.15) is 27.2 Å². The maximum atomic E-state index is 12.3. The number of hydrogen-bond acceptors (Lipinski definition) is 5. The van der Waals surface area contributed by atoms with E-state index in [0.29, 0.717) is 10.6 Å². The molecule has 110 valence electrons. The lowest BCUT2D eigenvalue weighted by Crippen LogP contribution is -2.22. The van der Waals surface area contributed by atoms with E-state index < -0.39 is 11.6 Å². The highest BCUT2D eigenvalue weighted by atomic mass is 32.2. The molecule has 3 rings (SSSR count). The second-order valence-corrected chi connectivity index (χ2v) is 6.14. The molecule has 4 nitrogen and oxygen atoms in total. The van der Waals surface area contributed by atoms with Crippen molar-refractivity contribution in [3.8, 4) is 0 Å². The number of aliphatic hydroxyl groups excluding tert-OH is 1. The molecule has 0 saturated carbocycles. The van der Waals surface area contributed by atoms with Crippen LogP contribution in [0.3, 0.4) is 0 Å². The average molecular weight is 311 g/mol. The number of fused-ring (bicyclic) bond motifs is 1. The Morgan fingerprint density at radius 3 is 2.36 bits per heavy atom. The van der Waals surface area contributed by atoms with Gasteiger partial charge in [-0.1, -0.05) is 36.0 Å². The average Bonchev–Trinajstić information content (AvgIpc) is 2.48. The second kappa shape index (κ2) is 5.42. The zero-order valence-electron chi connectivity index (χ0n) is 12.1. The predicted octanol–water partition coefficient (Wildman–Crippen LogP) is 3.48. The molecule has 1 heterocycles. The van der Waals surface area contributed by atoms with E-state index in [-0.39, 0.29) is 16.2 Å². The van der Waals surface area contributed by atoms with Crippen molar-refractivity contribution in [1.82, 2.24) is 4.98 Å². The van der Waals surface area contributed by atoms with Gasteiger partial charge in [0, 0.05) is 16.8 Å². The van der Waals surface area contributed by atoms with Crippen molar-refractivity contribution in [2.45, 2.75) is 18.9 Å². The summed E-state index contributed by atoms with van der Waals surface area (Å²) in [5.74, 6) is -1.45. The van der Waals surface area contributed by atoms with Gasteiger partial charge >= 0.3 is 0 Å². The molecule has 0 bridgehead atoms. The number of aliphatic hydroxyl groups is 1. The molecule has 5 heteroatoms. The Balaban J connectivity index is 2.09. The fourth-order valence-electron chi connectivity index (χ4n) is 2.40. The zero-order valence-corrected chi connectivity index (χ0v) is 12.9. The fraction of sp³-hybridized carbons (Fsp3) is 0.118. The molecule has 0 fully saturated rings. The number of ketones is 2. The van der Waals surface area contributed by atoms with Gasteiger partial charge < -0.3 is 5.11 Å². The molecule has 22 heavy (non-hydrogen) atoms. The fourth-order valence-corrected chi connectivity index (χ4v) is 3.43. The van der Waals surface area contributed by atoms with Crippen LogP contribution in [-0.2, 0) is 4.79 Å². The number of carbonyl (C=O) groups is 2. The summed E-state index contributed by atoms with van der Waals surface area (Å²) in [5.41, 5.74) is 2.45. The number of aromatic nitrogens is 1. The Morgan fingerprint density at radius 1 is 1.00 bits per heavy atom. The van der Waals surface area contributed by atoms with Crippen LogP contribution in [0, 0.1) is 13.8 Å². The van der Waals surface area contributed by atoms with Gasteiger partial charge in [-0.15, -0.1) is 0 Å². The first kappa shape index (κ1) is 14.5. The normalized spacial score (nSPS) is 14.3. The molecule has 1 aliphatic carbocycles. The van der Waals surface area contributed by atoms with Gasteiger partial charge in [-0.05, 0) is 31.5 Å². The number of hydrogen-bond donors (Lipinski definition) is 1. The maximum absolute atomic E-state index is 12.3. The molecule has 0 aliphatic heterocycles. The summed E-state index contributed by atoms with van der Waals surface area (Å²) in [7, 11) is 0. The van der Waals surface area contributed by atoms with Crippen molar-refractivity contribution in [2.75, 3.05) is 0 Å². The molecule has 0 amide bonds. The van der Waals surface area contributed by atoms with Gasteiger partial charge in [0.15, 0.2) is 0 Å². The van der Waals surface area contributed by atoms with Crippen LogP contribution in [0.15, 0.2) is 46.3 Å². The number of aryl methyl sites for hydroxylation is 2. The number of Topliss-reactive ketones (excluding diaryl/α,β-unsaturated/α-hetero) is 2. The summed E-state index contributed by atoms with van der Waals surface area (Å²) >= 11 is 1.02. The zero-order chi connectivity index (χ0) is 15.9. The third-order valence-corrected chi connectivity index (χ3v) is 4.34. The highest BCUT2D eigenvalue weighted by molar-refractivity contribution is 8.04. The molecule has 1 aliphatic rings. The van der Waals surface area contributed by atoms with Gasteiger partial charge in [0.25, 0.3) is 0 Å². The van der Waals surface area contributed by atoms with E-state index >= 15 is 0 Å². The Bertz CT molecular complexity index is 819. The number of allylic oxidation sites excluding steroid dienone is 1. The Hall–Kier alpha value is -2.40. The monoisotopic (exact) mass is 311 g/mol. The van der Waals surface area contributed by atoms with Crippen molar-refractivity contribution in [1.29, 1.82) is 0 Å². The lowest BCUT2D eigenvalue weighted by molar-refractivity contribution is -0.111. The molecule has 1 N–H and O–H groups in total. The van der Waals surface area contributed by atoms with Gasteiger partial charge in [0.2, 0.25) is 11.6 Å². The van der Waals surface area contributed by atoms with Crippen LogP contribution in [0.5, 0.6) is 0 Å². The van der Waals surface area contributed by atoms with Crippen molar-refractivity contribution in [2.24, 2.45) is 0 Å². The van der Waals surface area contributed by atoms with Crippen LogP contribution >= 0.6 is 11.8 Å². The predicted molar refractivity (Wildman–Crippen MR) is 84.9 cm³/mol. The number of carbonyl (C=O) groups excluding carboxylic acids is 2. The van der Waals surface area contributed by atoms with Crippen molar-refractivity contribution < 1.29 is 14.7 Å². The summed E-state index contributed by atoms with van der Waals surface area (Å²) in [6.45, 7) is 3.78. The second-order valence-electron chi connectivity index (χ2n) is 5.11. The van der Waals surface area contributed by atoms with Crippen molar-refractivity contribution >= 4 is 29.1 Å². The van der Waals surface area contributed by atoms with E-state index in [1.807, 2.05) is 26.0 Å². The third kappa shape index (κ3) is 2.44. The van der Waals surface area contributed by atoms with Crippen molar-refractivity contribution in [3.63, 3.8) is 0 Å². The maximum Gasteiger partial charge on any atom is 0.244 e. The number of benzene rings is 1. The number of pyridine rings is 1. The molecule has 0 unspecified atom stereocenters. The summed E-state index contributed by atoms with van der Waals surface area (Å²) in [6, 6.07) is 10.3. The topological polar surface area (TPSA) is 67.3 Å². The summed E-state index contributed by atoms with van der Waals surface area (Å²) in [5, 5.41) is 11.0. The Labute approximate surface area is 131 Å². The van der Waals surface area contributed by atoms with Crippen LogP contribution in [0.25, 0.3) is 5.76 Å². The van der Waals surface area contributed by atoms with Crippen LogP contribution in [-0.4, -0.2) is 21.7 Å². The highest BCUT2D eigenvalue weighted by Crippen LogP contribution is 2.37. The van der Waals surface area contributed by atoms with Crippen LogP contribution < -0.4 is 0 Å². The minimum Gasteiger partial charge on any atom is -0.506 e. The molecule has 1 aromatic heterocycles. The molecule has 0 atom stereocenters. The smallest absolute Gasteiger partial charge is 0.244 e. The highest BCUT2D eigenvalue weighted by Gasteiger charge is 2.33. The van der Waals surface area contributed by atoms with Gasteiger partial charge in [-0.2, -0.15) is 0 Å². The molecular weight excluding hydrogens is 298 g/mol. The van der Waals surface area contributed by atoms with E-state index in [4.69, 9.17) is 0 Å². The summed E-state index contributed by atoms with van der Waals surface area (Å²) < 4.78 is 0. The van der Waals surface area contributed by atoms with Crippen molar-refractivity contribution in [3.05, 3.63) is 63.7 Å². The van der Waals surface area contributed by atoms with Crippen LogP contribution in [0.2, 0.25) is 0 Å². The number of nitrogens with zero attached hydrogens (tertiary/aromatic N) is 1. The lowest BCUT2D eigenvalue weighted by Gasteiger charge is -2.17. The first-order valence-electron chi connectivity index (χ1n) is 6.72. The first-order valence-corrected chi connectivity index (χ1v) is 7.54. The molecule has 1 aromatic carbocycles. The molecule has 0 radical (unpaired) electrons. The largest absolute Gasteiger partial charge is 0.506 e. The van der Waals surface area contributed by atoms with E-state index in [1.54, 1.807) is 24.3 Å². The van der Waals surface area contributed by atoms with Gasteiger partial charge in [0.05, 0.1) is 0 Å². The Morgan fingerprint density at radius 2 is 1.68 bits per heavy atom. The minimum atomic E-state index is -0.692. The van der Waals surface area contributed by atoms with Gasteiger partial charge in [-0.25, -0.2) is 4.98 Å². The van der Waals surface area contributed by atoms with Gasteiger partial charge in [0.1, 0.15) is 15.7 Å². The van der Waals surface area contributed by atoms with Gasteiger partial charge in [-0.3, -0.25) is 9.59 Å². The Kier molecular flexibility index (Phi) is 3.58. The number of rotatable bonds is 2. The van der Waals surface area contributed by atoms with Crippen LogP contribution in [0.4, 0.5) is 0 Å². The molecule has 2 aromatic rings. The van der Waals surface area contributed by atoms with E-state index in [0.717, 1.165) is 23.0 Å². The third-order valence-electron chi connectivity index (χ3n) is 3.34. The van der Waals surface area contributed by atoms with E-state index in [1.165, 1.54) is 0 Å². The molecule has 0 spiro atoms. The summed E-state index contributed by atoms with van der Waals surface area (Å²) in [6.07, 6.45) is 0. The minimum absolute atomic E-state index is 0.0289. The lowest BCUT2D eigenvalue weighted by atomic mass is 9.94. The quantitative estimate of drug-likeness (QED) is 0.860. The summed E-state index contributed by atoms with van der Waals surface area (Å²) in [4.78, 5) is 28.8.